The SMILES string of the molecule is CCCCN(CCCc1coc2c(OC)cccc12)C1=Cc2c(C(N)=O)ccc(F)c2OC1.Cl. The van der Waals surface area contributed by atoms with E-state index in [0.29, 0.717) is 5.56 Å². The van der Waals surface area contributed by atoms with Gasteiger partial charge >= 0.3 is 0 Å². The maximum absolute atomic E-state index is 14.2. The summed E-state index contributed by atoms with van der Waals surface area (Å²) in [6.07, 6.45) is 7.44. The lowest BCUT2D eigenvalue weighted by Gasteiger charge is -2.31. The minimum atomic E-state index is -0.602. The van der Waals surface area contributed by atoms with Gasteiger partial charge < -0.3 is 24.5 Å². The van der Waals surface area contributed by atoms with Crippen molar-refractivity contribution in [2.75, 3.05) is 26.8 Å². The zero-order chi connectivity index (χ0) is 23.4. The number of nitrogens with zero attached hydrogens (tertiary/aromatic N) is 1. The van der Waals surface area contributed by atoms with Gasteiger partial charge in [-0.25, -0.2) is 4.39 Å². The number of primary amides is 1. The average Bonchev–Trinajstić information content (AvgIpc) is 3.24. The number of para-hydroxylation sites is 1. The van der Waals surface area contributed by atoms with Crippen LogP contribution in [0.25, 0.3) is 17.0 Å². The first-order chi connectivity index (χ1) is 16.0. The number of hydrogen-bond donors (Lipinski definition) is 1. The Balaban J connectivity index is 0.00000324. The summed E-state index contributed by atoms with van der Waals surface area (Å²) in [4.78, 5) is 14.1. The van der Waals surface area contributed by atoms with Gasteiger partial charge in [0.25, 0.3) is 0 Å². The van der Waals surface area contributed by atoms with Crippen molar-refractivity contribution in [3.8, 4) is 11.5 Å². The molecule has 1 aliphatic rings. The standard InChI is InChI=1S/C26H29FN2O4.ClH/c1-3-4-12-29(13-6-7-17-15-32-25-19(17)8-5-9-23(25)31-2)18-14-21-20(26(28)30)10-11-22(27)24(21)33-16-18;/h5,8-11,14-15H,3-4,6-7,12-13,16H2,1-2H3,(H2,28,30);1H. The number of methoxy groups -OCH3 is 1. The van der Waals surface area contributed by atoms with Gasteiger partial charge in [-0.1, -0.05) is 25.5 Å². The van der Waals surface area contributed by atoms with Gasteiger partial charge in [-0.2, -0.15) is 0 Å². The fourth-order valence-electron chi connectivity index (χ4n) is 4.26. The third-order valence-electron chi connectivity index (χ3n) is 6.01. The number of amides is 1. The number of unbranched alkanes of at least 4 members (excludes halogenated alkanes) is 1. The highest BCUT2D eigenvalue weighted by atomic mass is 35.5. The normalized spacial score (nSPS) is 12.4. The number of ether oxygens (including phenoxy) is 2. The Morgan fingerprint density at radius 1 is 1.21 bits per heavy atom. The van der Waals surface area contributed by atoms with Gasteiger partial charge in [0.1, 0.15) is 6.61 Å². The zero-order valence-corrected chi connectivity index (χ0v) is 20.3. The molecule has 0 saturated heterocycles. The Morgan fingerprint density at radius 2 is 2.00 bits per heavy atom. The Labute approximate surface area is 204 Å². The van der Waals surface area contributed by atoms with E-state index in [2.05, 4.69) is 11.8 Å². The number of rotatable bonds is 10. The second-order valence-electron chi connectivity index (χ2n) is 8.17. The van der Waals surface area contributed by atoms with Crippen molar-refractivity contribution in [2.45, 2.75) is 32.6 Å². The summed E-state index contributed by atoms with van der Waals surface area (Å²) in [5.41, 5.74) is 9.01. The minimum Gasteiger partial charge on any atom is -0.493 e. The minimum absolute atomic E-state index is 0. The van der Waals surface area contributed by atoms with Crippen LogP contribution >= 0.6 is 12.4 Å². The zero-order valence-electron chi connectivity index (χ0n) is 19.4. The van der Waals surface area contributed by atoms with Gasteiger partial charge in [0.15, 0.2) is 22.9 Å². The van der Waals surface area contributed by atoms with E-state index in [1.54, 1.807) is 13.4 Å². The van der Waals surface area contributed by atoms with Crippen LogP contribution in [0.4, 0.5) is 4.39 Å². The first-order valence-corrected chi connectivity index (χ1v) is 11.3. The summed E-state index contributed by atoms with van der Waals surface area (Å²) >= 11 is 0. The second-order valence-corrected chi connectivity index (χ2v) is 8.17. The van der Waals surface area contributed by atoms with Crippen LogP contribution in [0.5, 0.6) is 11.5 Å². The summed E-state index contributed by atoms with van der Waals surface area (Å²) in [6, 6.07) is 8.52. The Hall–Kier alpha value is -3.19. The van der Waals surface area contributed by atoms with Gasteiger partial charge in [-0.05, 0) is 49.1 Å². The van der Waals surface area contributed by atoms with Crippen molar-refractivity contribution >= 4 is 35.4 Å². The van der Waals surface area contributed by atoms with E-state index in [1.807, 2.05) is 24.3 Å². The average molecular weight is 489 g/mol. The molecule has 2 heterocycles. The lowest BCUT2D eigenvalue weighted by molar-refractivity contribution is 0.0999. The quantitative estimate of drug-likeness (QED) is 0.403. The number of carbonyl (C=O) groups is 1. The summed E-state index contributed by atoms with van der Waals surface area (Å²) in [7, 11) is 1.64. The van der Waals surface area contributed by atoms with Gasteiger partial charge in [0, 0.05) is 24.0 Å². The topological polar surface area (TPSA) is 77.9 Å². The molecule has 8 heteroatoms. The lowest BCUT2D eigenvalue weighted by Crippen LogP contribution is -2.31. The van der Waals surface area contributed by atoms with E-state index in [1.165, 1.54) is 12.1 Å². The molecule has 0 unspecified atom stereocenters. The Bertz CT molecular complexity index is 1190. The van der Waals surface area contributed by atoms with Crippen molar-refractivity contribution in [3.05, 3.63) is 64.8 Å². The number of fused-ring (bicyclic) bond motifs is 2. The molecule has 0 radical (unpaired) electrons. The molecule has 0 atom stereocenters. The van der Waals surface area contributed by atoms with Crippen molar-refractivity contribution in [3.63, 3.8) is 0 Å². The number of aryl methyl sites for hydroxylation is 1. The molecule has 0 aliphatic carbocycles. The second kappa shape index (κ2) is 11.3. The third kappa shape index (κ3) is 5.14. The van der Waals surface area contributed by atoms with Crippen LogP contribution in [0.1, 0.15) is 47.7 Å². The Morgan fingerprint density at radius 3 is 2.74 bits per heavy atom. The van der Waals surface area contributed by atoms with E-state index in [-0.39, 0.29) is 30.3 Å². The van der Waals surface area contributed by atoms with Crippen LogP contribution in [0, 0.1) is 5.82 Å². The van der Waals surface area contributed by atoms with Crippen LogP contribution in [-0.4, -0.2) is 37.6 Å². The van der Waals surface area contributed by atoms with Crippen LogP contribution in [0.2, 0.25) is 0 Å². The molecule has 1 aliphatic heterocycles. The molecule has 3 aromatic rings. The van der Waals surface area contributed by atoms with Gasteiger partial charge in [-0.3, -0.25) is 4.79 Å². The smallest absolute Gasteiger partial charge is 0.249 e. The predicted molar refractivity (Wildman–Crippen MR) is 133 cm³/mol. The lowest BCUT2D eigenvalue weighted by atomic mass is 10.0. The molecule has 2 aromatic carbocycles. The van der Waals surface area contributed by atoms with Crippen molar-refractivity contribution in [2.24, 2.45) is 5.73 Å². The van der Waals surface area contributed by atoms with Crippen molar-refractivity contribution < 1.29 is 23.1 Å². The maximum atomic E-state index is 14.2. The predicted octanol–water partition coefficient (Wildman–Crippen LogP) is 5.57. The molecule has 0 fully saturated rings. The highest BCUT2D eigenvalue weighted by Crippen LogP contribution is 2.34. The van der Waals surface area contributed by atoms with E-state index < -0.39 is 11.7 Å². The van der Waals surface area contributed by atoms with Gasteiger partial charge in [0.2, 0.25) is 5.91 Å². The monoisotopic (exact) mass is 488 g/mol. The molecule has 4 rings (SSSR count). The molecule has 6 nitrogen and oxygen atoms in total. The van der Waals surface area contributed by atoms with E-state index in [4.69, 9.17) is 19.6 Å². The molecule has 2 N–H and O–H groups in total. The molecular weight excluding hydrogens is 459 g/mol. The first-order valence-electron chi connectivity index (χ1n) is 11.3. The van der Waals surface area contributed by atoms with E-state index >= 15 is 0 Å². The summed E-state index contributed by atoms with van der Waals surface area (Å²) in [5, 5.41) is 1.06. The molecule has 34 heavy (non-hydrogen) atoms. The number of hydrogen-bond acceptors (Lipinski definition) is 5. The van der Waals surface area contributed by atoms with Gasteiger partial charge in [0.05, 0.1) is 24.6 Å². The number of benzene rings is 2. The number of nitrogens with two attached hydrogens (primary N) is 1. The molecule has 1 amide bonds. The van der Waals surface area contributed by atoms with Gasteiger partial charge in [-0.15, -0.1) is 12.4 Å². The molecule has 0 bridgehead atoms. The van der Waals surface area contributed by atoms with Crippen molar-refractivity contribution in [1.82, 2.24) is 4.90 Å². The summed E-state index contributed by atoms with van der Waals surface area (Å²) < 4.78 is 31.1. The molecule has 0 saturated carbocycles. The summed E-state index contributed by atoms with van der Waals surface area (Å²) in [6.45, 7) is 4.04. The summed E-state index contributed by atoms with van der Waals surface area (Å²) in [5.74, 6) is -0.282. The number of halogens is 2. The largest absolute Gasteiger partial charge is 0.493 e. The maximum Gasteiger partial charge on any atom is 0.249 e. The van der Waals surface area contributed by atoms with E-state index in [0.717, 1.165) is 66.8 Å². The fourth-order valence-corrected chi connectivity index (χ4v) is 4.26. The van der Waals surface area contributed by atoms with Crippen LogP contribution in [-0.2, 0) is 6.42 Å². The highest BCUT2D eigenvalue weighted by Gasteiger charge is 2.23. The number of furan rings is 1. The Kier molecular flexibility index (Phi) is 8.45. The fraction of sp³-hybridized carbons (Fsp3) is 0.346. The number of carbonyl (C=O) groups excluding carboxylic acids is 1. The van der Waals surface area contributed by atoms with Crippen LogP contribution in [0.3, 0.4) is 0 Å². The molecule has 1 aromatic heterocycles. The molecule has 0 spiro atoms. The highest BCUT2D eigenvalue weighted by molar-refractivity contribution is 5.98. The van der Waals surface area contributed by atoms with Crippen molar-refractivity contribution in [1.29, 1.82) is 0 Å². The molecule has 182 valence electrons. The van der Waals surface area contributed by atoms with Crippen LogP contribution in [0.15, 0.2) is 46.7 Å². The third-order valence-corrected chi connectivity index (χ3v) is 6.01. The first kappa shape index (κ1) is 25.4. The van der Waals surface area contributed by atoms with Crippen LogP contribution < -0.4 is 15.2 Å². The van der Waals surface area contributed by atoms with E-state index in [9.17, 15) is 9.18 Å². The molecular formula is C26H30ClFN2O4.